The van der Waals surface area contributed by atoms with Crippen molar-refractivity contribution < 1.29 is 35.1 Å². The standard InChI is InChI=1S/C20H20O8/c1-20(2,27)6-5-10-12(22)8-14-15(16(10)24)17(25)18(26)19(28-14)9-3-4-11(21)13(23)7-9/h3-4,7-8,21-24,26-27H,5-6H2,1-2H3. The second kappa shape index (κ2) is 6.65. The highest BCUT2D eigenvalue weighted by Gasteiger charge is 2.23. The van der Waals surface area contributed by atoms with E-state index in [9.17, 15) is 35.4 Å². The summed E-state index contributed by atoms with van der Waals surface area (Å²) in [6.07, 6.45) is 0.298. The Kier molecular flexibility index (Phi) is 4.60. The highest BCUT2D eigenvalue weighted by Crippen LogP contribution is 2.40. The molecule has 3 aromatic rings. The first-order valence-corrected chi connectivity index (χ1v) is 8.48. The van der Waals surface area contributed by atoms with Crippen molar-refractivity contribution in [2.24, 2.45) is 0 Å². The van der Waals surface area contributed by atoms with Gasteiger partial charge in [-0.3, -0.25) is 4.79 Å². The van der Waals surface area contributed by atoms with E-state index in [1.54, 1.807) is 13.8 Å². The molecule has 0 saturated carbocycles. The Balaban J connectivity index is 2.22. The fraction of sp³-hybridized carbons (Fsp3) is 0.250. The number of hydrogen-bond donors (Lipinski definition) is 6. The van der Waals surface area contributed by atoms with E-state index in [2.05, 4.69) is 0 Å². The summed E-state index contributed by atoms with van der Waals surface area (Å²) in [4.78, 5) is 12.6. The quantitative estimate of drug-likeness (QED) is 0.373. The molecule has 1 heterocycles. The van der Waals surface area contributed by atoms with Crippen molar-refractivity contribution in [2.75, 3.05) is 0 Å². The van der Waals surface area contributed by atoms with Crippen molar-refractivity contribution in [1.29, 1.82) is 0 Å². The van der Waals surface area contributed by atoms with Crippen molar-refractivity contribution in [1.82, 2.24) is 0 Å². The van der Waals surface area contributed by atoms with Crippen LogP contribution in [-0.2, 0) is 6.42 Å². The normalized spacial score (nSPS) is 11.8. The molecule has 0 aliphatic heterocycles. The Morgan fingerprint density at radius 2 is 1.61 bits per heavy atom. The second-order valence-electron chi connectivity index (χ2n) is 7.22. The highest BCUT2D eigenvalue weighted by molar-refractivity contribution is 5.90. The molecule has 0 fully saturated rings. The Morgan fingerprint density at radius 3 is 2.21 bits per heavy atom. The maximum Gasteiger partial charge on any atom is 0.238 e. The summed E-state index contributed by atoms with van der Waals surface area (Å²) in [6, 6.07) is 4.70. The topological polar surface area (TPSA) is 152 Å². The predicted octanol–water partition coefficient (Wildman–Crippen LogP) is 2.69. The Morgan fingerprint density at radius 1 is 0.929 bits per heavy atom. The maximum absolute atomic E-state index is 12.6. The van der Waals surface area contributed by atoms with Gasteiger partial charge in [0.15, 0.2) is 17.3 Å². The van der Waals surface area contributed by atoms with Gasteiger partial charge in [-0.25, -0.2) is 0 Å². The minimum Gasteiger partial charge on any atom is -0.507 e. The van der Waals surface area contributed by atoms with Gasteiger partial charge in [-0.1, -0.05) is 0 Å². The number of aromatic hydroxyl groups is 5. The molecule has 0 radical (unpaired) electrons. The van der Waals surface area contributed by atoms with Crippen LogP contribution >= 0.6 is 0 Å². The Labute approximate surface area is 159 Å². The molecule has 3 rings (SSSR count). The molecule has 0 aliphatic carbocycles. The van der Waals surface area contributed by atoms with Crippen molar-refractivity contribution in [3.05, 3.63) is 40.1 Å². The molecule has 0 atom stereocenters. The molecule has 6 N–H and O–H groups in total. The highest BCUT2D eigenvalue weighted by atomic mass is 16.4. The second-order valence-corrected chi connectivity index (χ2v) is 7.22. The van der Waals surface area contributed by atoms with E-state index in [-0.39, 0.29) is 46.4 Å². The molecule has 0 unspecified atom stereocenters. The van der Waals surface area contributed by atoms with E-state index in [1.165, 1.54) is 6.07 Å². The molecular formula is C20H20O8. The number of rotatable bonds is 4. The van der Waals surface area contributed by atoms with Gasteiger partial charge in [0.05, 0.1) is 5.60 Å². The molecule has 0 amide bonds. The summed E-state index contributed by atoms with van der Waals surface area (Å²) < 4.78 is 5.50. The molecule has 0 bridgehead atoms. The lowest BCUT2D eigenvalue weighted by molar-refractivity contribution is 0.0711. The van der Waals surface area contributed by atoms with Gasteiger partial charge in [0.2, 0.25) is 11.2 Å². The molecule has 0 aliphatic rings. The Hall–Kier alpha value is -3.39. The van der Waals surface area contributed by atoms with Gasteiger partial charge >= 0.3 is 0 Å². The van der Waals surface area contributed by atoms with E-state index < -0.39 is 34.0 Å². The van der Waals surface area contributed by atoms with Crippen LogP contribution in [0.25, 0.3) is 22.3 Å². The summed E-state index contributed by atoms with van der Waals surface area (Å²) >= 11 is 0. The first-order chi connectivity index (χ1) is 13.0. The fourth-order valence-electron chi connectivity index (χ4n) is 2.89. The van der Waals surface area contributed by atoms with Gasteiger partial charge in [-0.05, 0) is 44.9 Å². The third-order valence-electron chi connectivity index (χ3n) is 4.44. The molecule has 0 spiro atoms. The molecule has 0 saturated heterocycles. The molecule has 1 aromatic heterocycles. The van der Waals surface area contributed by atoms with E-state index in [0.29, 0.717) is 0 Å². The van der Waals surface area contributed by atoms with Gasteiger partial charge in [-0.15, -0.1) is 0 Å². The lowest BCUT2D eigenvalue weighted by Crippen LogP contribution is -2.19. The molecule has 8 heteroatoms. The van der Waals surface area contributed by atoms with Crippen LogP contribution in [0.5, 0.6) is 28.7 Å². The zero-order valence-corrected chi connectivity index (χ0v) is 15.2. The minimum atomic E-state index is -1.05. The van der Waals surface area contributed by atoms with Crippen molar-refractivity contribution in [3.8, 4) is 40.1 Å². The van der Waals surface area contributed by atoms with Gasteiger partial charge < -0.3 is 35.1 Å². The van der Waals surface area contributed by atoms with Gasteiger partial charge in [-0.2, -0.15) is 0 Å². The minimum absolute atomic E-state index is 0.0522. The van der Waals surface area contributed by atoms with Crippen LogP contribution in [0.1, 0.15) is 25.8 Å². The van der Waals surface area contributed by atoms with Gasteiger partial charge in [0.1, 0.15) is 22.5 Å². The summed E-state index contributed by atoms with van der Waals surface area (Å²) in [6.45, 7) is 3.14. The zero-order chi connectivity index (χ0) is 20.8. The number of aliphatic hydroxyl groups is 1. The summed E-state index contributed by atoms with van der Waals surface area (Å²) in [7, 11) is 0. The first-order valence-electron chi connectivity index (χ1n) is 8.48. The molecular weight excluding hydrogens is 368 g/mol. The smallest absolute Gasteiger partial charge is 0.238 e. The summed E-state index contributed by atoms with van der Waals surface area (Å²) in [5.74, 6) is -2.83. The van der Waals surface area contributed by atoms with Crippen LogP contribution in [0.15, 0.2) is 33.5 Å². The van der Waals surface area contributed by atoms with E-state index in [0.717, 1.165) is 18.2 Å². The largest absolute Gasteiger partial charge is 0.507 e. The van der Waals surface area contributed by atoms with Crippen molar-refractivity contribution >= 4 is 11.0 Å². The number of hydrogen-bond acceptors (Lipinski definition) is 8. The number of phenols is 4. The number of benzene rings is 2. The summed E-state index contributed by atoms with van der Waals surface area (Å²) in [5.41, 5.74) is -1.99. The van der Waals surface area contributed by atoms with Crippen LogP contribution in [0.3, 0.4) is 0 Å². The third-order valence-corrected chi connectivity index (χ3v) is 4.44. The van der Waals surface area contributed by atoms with Gasteiger partial charge in [0, 0.05) is 17.2 Å². The average Bonchev–Trinajstić information content (AvgIpc) is 2.59. The lowest BCUT2D eigenvalue weighted by Gasteiger charge is -2.18. The first kappa shape index (κ1) is 19.4. The molecule has 2 aromatic carbocycles. The maximum atomic E-state index is 12.6. The van der Waals surface area contributed by atoms with E-state index in [4.69, 9.17) is 4.42 Å². The number of fused-ring (bicyclic) bond motifs is 1. The molecule has 8 nitrogen and oxygen atoms in total. The van der Waals surface area contributed by atoms with Crippen LogP contribution in [0.4, 0.5) is 0 Å². The van der Waals surface area contributed by atoms with Gasteiger partial charge in [0.25, 0.3) is 0 Å². The van der Waals surface area contributed by atoms with Crippen LogP contribution in [0, 0.1) is 0 Å². The zero-order valence-electron chi connectivity index (χ0n) is 15.2. The van der Waals surface area contributed by atoms with Crippen LogP contribution < -0.4 is 5.43 Å². The van der Waals surface area contributed by atoms with Crippen LogP contribution in [-0.4, -0.2) is 36.2 Å². The molecule has 28 heavy (non-hydrogen) atoms. The van der Waals surface area contributed by atoms with Crippen LogP contribution in [0.2, 0.25) is 0 Å². The average molecular weight is 388 g/mol. The van der Waals surface area contributed by atoms with Crippen molar-refractivity contribution in [2.45, 2.75) is 32.3 Å². The van der Waals surface area contributed by atoms with E-state index in [1.807, 2.05) is 0 Å². The van der Waals surface area contributed by atoms with Crippen molar-refractivity contribution in [3.63, 3.8) is 0 Å². The summed E-state index contributed by atoms with van der Waals surface area (Å²) in [5, 5.41) is 59.6. The molecule has 148 valence electrons. The number of phenolic OH excluding ortho intramolecular Hbond substituents is 4. The van der Waals surface area contributed by atoms with E-state index >= 15 is 0 Å². The fourth-order valence-corrected chi connectivity index (χ4v) is 2.89. The third kappa shape index (κ3) is 3.41. The Bertz CT molecular complexity index is 1120. The predicted molar refractivity (Wildman–Crippen MR) is 101 cm³/mol. The SMILES string of the molecule is CC(C)(O)CCc1c(O)cc2oc(-c3ccc(O)c(O)c3)c(O)c(=O)c2c1O. The lowest BCUT2D eigenvalue weighted by atomic mass is 9.96. The monoisotopic (exact) mass is 388 g/mol.